The zero-order valence-corrected chi connectivity index (χ0v) is 14.3. The second kappa shape index (κ2) is 8.06. The highest BCUT2D eigenvalue weighted by atomic mass is 32.1. The summed E-state index contributed by atoms with van der Waals surface area (Å²) in [5.41, 5.74) is 0.447. The predicted molar refractivity (Wildman–Crippen MR) is 96.3 cm³/mol. The Labute approximate surface area is 148 Å². The van der Waals surface area contributed by atoms with E-state index in [1.54, 1.807) is 31.4 Å². The van der Waals surface area contributed by atoms with Crippen LogP contribution in [0, 0.1) is 10.1 Å². The third-order valence-electron chi connectivity index (χ3n) is 3.21. The number of thiocarbonyl (C=S) groups is 1. The van der Waals surface area contributed by atoms with Gasteiger partial charge in [0.15, 0.2) is 10.9 Å². The van der Waals surface area contributed by atoms with Crippen molar-refractivity contribution in [2.75, 3.05) is 19.5 Å². The Hall–Kier alpha value is -3.20. The maximum Gasteiger partial charge on any atom is 0.311 e. The van der Waals surface area contributed by atoms with Gasteiger partial charge in [-0.15, -0.1) is 0 Å². The summed E-state index contributed by atoms with van der Waals surface area (Å²) in [6.45, 7) is 0. The molecule has 0 aromatic heterocycles. The van der Waals surface area contributed by atoms with Crippen molar-refractivity contribution in [1.29, 1.82) is 0 Å². The molecule has 0 aliphatic rings. The van der Waals surface area contributed by atoms with Gasteiger partial charge in [-0.3, -0.25) is 20.2 Å². The molecule has 0 bridgehead atoms. The molecule has 1 amide bonds. The number of rotatable bonds is 5. The van der Waals surface area contributed by atoms with Crippen LogP contribution in [0.1, 0.15) is 10.4 Å². The number of nitro groups is 1. The second-order valence-electron chi connectivity index (χ2n) is 4.78. The van der Waals surface area contributed by atoms with Gasteiger partial charge < -0.3 is 14.8 Å². The first-order chi connectivity index (χ1) is 11.9. The Kier molecular flexibility index (Phi) is 5.85. The minimum Gasteiger partial charge on any atom is -0.497 e. The Morgan fingerprint density at radius 3 is 2.36 bits per heavy atom. The summed E-state index contributed by atoms with van der Waals surface area (Å²) in [4.78, 5) is 22.6. The highest BCUT2D eigenvalue weighted by Crippen LogP contribution is 2.27. The van der Waals surface area contributed by atoms with Crippen molar-refractivity contribution >= 4 is 34.6 Å². The molecule has 25 heavy (non-hydrogen) atoms. The molecule has 0 unspecified atom stereocenters. The maximum atomic E-state index is 12.2. The van der Waals surface area contributed by atoms with Gasteiger partial charge in [-0.1, -0.05) is 0 Å². The van der Waals surface area contributed by atoms with E-state index in [-0.39, 0.29) is 22.1 Å². The number of nitrogens with one attached hydrogen (secondary N) is 2. The fraction of sp³-hybridized carbons (Fsp3) is 0.125. The minimum absolute atomic E-state index is 0.0636. The number of methoxy groups -OCH3 is 2. The molecule has 0 spiro atoms. The largest absolute Gasteiger partial charge is 0.497 e. The molecule has 2 rings (SSSR count). The van der Waals surface area contributed by atoms with Crippen LogP contribution in [0.4, 0.5) is 11.4 Å². The van der Waals surface area contributed by atoms with Gasteiger partial charge in [-0.2, -0.15) is 0 Å². The second-order valence-corrected chi connectivity index (χ2v) is 5.19. The summed E-state index contributed by atoms with van der Waals surface area (Å²) in [5, 5.41) is 16.4. The number of hydrogen-bond donors (Lipinski definition) is 2. The van der Waals surface area contributed by atoms with Crippen molar-refractivity contribution in [3.05, 3.63) is 58.1 Å². The molecule has 0 heterocycles. The van der Waals surface area contributed by atoms with Crippen LogP contribution in [-0.4, -0.2) is 30.2 Å². The van der Waals surface area contributed by atoms with E-state index < -0.39 is 10.8 Å². The standard InChI is InChI=1S/C16H15N3O5S/c1-23-12-6-4-11(5-7-12)17-16(25)18-15(20)10-3-8-14(24-2)13(9-10)19(21)22/h3-9H,1-2H3,(H2,17,18,20,25). The predicted octanol–water partition coefficient (Wildman–Crippen LogP) is 2.74. The lowest BCUT2D eigenvalue weighted by Gasteiger charge is -2.10. The smallest absolute Gasteiger partial charge is 0.311 e. The molecular formula is C16H15N3O5S. The molecule has 2 aromatic carbocycles. The summed E-state index contributed by atoms with van der Waals surface area (Å²) in [6, 6.07) is 10.8. The SMILES string of the molecule is COc1ccc(NC(=S)NC(=O)c2ccc(OC)c([N+](=O)[O-])c2)cc1. The van der Waals surface area contributed by atoms with Gasteiger partial charge in [-0.05, 0) is 48.6 Å². The van der Waals surface area contributed by atoms with E-state index in [9.17, 15) is 14.9 Å². The number of ether oxygens (including phenoxy) is 2. The summed E-state index contributed by atoms with van der Waals surface area (Å²) < 4.78 is 9.95. The molecule has 2 N–H and O–H groups in total. The number of amides is 1. The highest BCUT2D eigenvalue weighted by molar-refractivity contribution is 7.80. The molecule has 0 radical (unpaired) electrons. The lowest BCUT2D eigenvalue weighted by Crippen LogP contribution is -2.34. The quantitative estimate of drug-likeness (QED) is 0.479. The first kappa shape index (κ1) is 18.1. The summed E-state index contributed by atoms with van der Waals surface area (Å²) in [7, 11) is 2.87. The van der Waals surface area contributed by atoms with Crippen LogP contribution in [-0.2, 0) is 0 Å². The molecule has 0 aliphatic heterocycles. The van der Waals surface area contributed by atoms with Crippen LogP contribution in [0.15, 0.2) is 42.5 Å². The lowest BCUT2D eigenvalue weighted by molar-refractivity contribution is -0.385. The third-order valence-corrected chi connectivity index (χ3v) is 3.42. The van der Waals surface area contributed by atoms with Crippen LogP contribution in [0.5, 0.6) is 11.5 Å². The van der Waals surface area contributed by atoms with Gasteiger partial charge in [0.05, 0.1) is 19.1 Å². The Morgan fingerprint density at radius 2 is 1.80 bits per heavy atom. The van der Waals surface area contributed by atoms with Crippen LogP contribution in [0.25, 0.3) is 0 Å². The van der Waals surface area contributed by atoms with E-state index in [2.05, 4.69) is 10.6 Å². The summed E-state index contributed by atoms with van der Waals surface area (Å²) >= 11 is 5.07. The Bertz CT molecular complexity index is 808. The number of anilines is 1. The fourth-order valence-corrected chi connectivity index (χ4v) is 2.20. The number of nitrogens with zero attached hydrogens (tertiary/aromatic N) is 1. The van der Waals surface area contributed by atoms with Crippen LogP contribution in [0.3, 0.4) is 0 Å². The van der Waals surface area contributed by atoms with Crippen LogP contribution >= 0.6 is 12.2 Å². The van der Waals surface area contributed by atoms with Gasteiger partial charge in [0.25, 0.3) is 5.91 Å². The van der Waals surface area contributed by atoms with E-state index in [4.69, 9.17) is 21.7 Å². The van der Waals surface area contributed by atoms with Gasteiger partial charge in [0.2, 0.25) is 0 Å². The molecule has 0 saturated carbocycles. The minimum atomic E-state index is -0.621. The number of benzene rings is 2. The molecule has 130 valence electrons. The lowest BCUT2D eigenvalue weighted by atomic mass is 10.2. The van der Waals surface area contributed by atoms with Gasteiger partial charge in [0.1, 0.15) is 5.75 Å². The molecule has 0 fully saturated rings. The van der Waals surface area contributed by atoms with E-state index in [0.717, 1.165) is 6.07 Å². The highest BCUT2D eigenvalue weighted by Gasteiger charge is 2.18. The molecule has 0 saturated heterocycles. The Morgan fingerprint density at radius 1 is 1.12 bits per heavy atom. The summed E-state index contributed by atoms with van der Waals surface area (Å²) in [6.07, 6.45) is 0. The van der Waals surface area contributed by atoms with E-state index in [1.807, 2.05) is 0 Å². The van der Waals surface area contributed by atoms with Crippen molar-refractivity contribution in [3.8, 4) is 11.5 Å². The van der Waals surface area contributed by atoms with Crippen molar-refractivity contribution in [2.45, 2.75) is 0 Å². The fourth-order valence-electron chi connectivity index (χ4n) is 1.99. The third kappa shape index (κ3) is 4.64. The van der Waals surface area contributed by atoms with Crippen LogP contribution in [0.2, 0.25) is 0 Å². The first-order valence-electron chi connectivity index (χ1n) is 7.03. The summed E-state index contributed by atoms with van der Waals surface area (Å²) in [5.74, 6) is 0.184. The van der Waals surface area contributed by atoms with E-state index in [1.165, 1.54) is 19.2 Å². The van der Waals surface area contributed by atoms with Crippen molar-refractivity contribution < 1.29 is 19.2 Å². The maximum absolute atomic E-state index is 12.2. The van der Waals surface area contributed by atoms with Gasteiger partial charge >= 0.3 is 5.69 Å². The first-order valence-corrected chi connectivity index (χ1v) is 7.44. The molecule has 0 atom stereocenters. The van der Waals surface area contributed by atoms with Crippen molar-refractivity contribution in [3.63, 3.8) is 0 Å². The number of hydrogen-bond acceptors (Lipinski definition) is 6. The number of carbonyl (C=O) groups excluding carboxylic acids is 1. The topological polar surface area (TPSA) is 103 Å². The molecule has 9 heteroatoms. The average Bonchev–Trinajstić information content (AvgIpc) is 2.61. The van der Waals surface area contributed by atoms with E-state index in [0.29, 0.717) is 11.4 Å². The van der Waals surface area contributed by atoms with Crippen molar-refractivity contribution in [2.24, 2.45) is 0 Å². The van der Waals surface area contributed by atoms with Crippen molar-refractivity contribution in [1.82, 2.24) is 5.32 Å². The van der Waals surface area contributed by atoms with E-state index >= 15 is 0 Å². The molecule has 2 aromatic rings. The number of nitro benzene ring substituents is 1. The van der Waals surface area contributed by atoms with Gasteiger partial charge in [0, 0.05) is 17.3 Å². The Balaban J connectivity index is 2.06. The zero-order chi connectivity index (χ0) is 18.4. The van der Waals surface area contributed by atoms with Gasteiger partial charge in [-0.25, -0.2) is 0 Å². The number of carbonyl (C=O) groups is 1. The average molecular weight is 361 g/mol. The molecule has 0 aliphatic carbocycles. The normalized spacial score (nSPS) is 9.84. The zero-order valence-electron chi connectivity index (χ0n) is 13.4. The molecular weight excluding hydrogens is 346 g/mol. The van der Waals surface area contributed by atoms with Crippen LogP contribution < -0.4 is 20.1 Å². The monoisotopic (exact) mass is 361 g/mol. The molecule has 8 nitrogen and oxygen atoms in total.